The van der Waals surface area contributed by atoms with Crippen molar-refractivity contribution in [1.82, 2.24) is 19.7 Å². The number of hydrogen-bond acceptors (Lipinski definition) is 5. The van der Waals surface area contributed by atoms with Gasteiger partial charge in [0.1, 0.15) is 0 Å². The van der Waals surface area contributed by atoms with E-state index < -0.39 is 0 Å². The molecule has 2 heterocycles. The van der Waals surface area contributed by atoms with Crippen LogP contribution >= 0.6 is 0 Å². The van der Waals surface area contributed by atoms with Gasteiger partial charge in [-0.2, -0.15) is 5.10 Å². The summed E-state index contributed by atoms with van der Waals surface area (Å²) in [7, 11) is 1.90. The third-order valence-corrected chi connectivity index (χ3v) is 3.76. The predicted octanol–water partition coefficient (Wildman–Crippen LogP) is 1.56. The molecule has 3 N–H and O–H groups in total. The molecule has 0 atom stereocenters. The van der Waals surface area contributed by atoms with Crippen LogP contribution in [0.5, 0.6) is 0 Å². The first-order valence-electron chi connectivity index (χ1n) is 7.05. The first kappa shape index (κ1) is 13.1. The molecular weight excluding hydrogens is 252 g/mol. The molecular formula is C14H20N6. The molecule has 2 aromatic rings. The summed E-state index contributed by atoms with van der Waals surface area (Å²) in [5, 5.41) is 7.58. The molecule has 1 aliphatic carbocycles. The molecule has 20 heavy (non-hydrogen) atoms. The number of nitrogens with one attached hydrogen (secondary N) is 1. The zero-order valence-corrected chi connectivity index (χ0v) is 11.7. The smallest absolute Gasteiger partial charge is 0.223 e. The lowest BCUT2D eigenvalue weighted by Gasteiger charge is -2.26. The maximum Gasteiger partial charge on any atom is 0.223 e. The van der Waals surface area contributed by atoms with Crippen molar-refractivity contribution in [2.45, 2.75) is 37.8 Å². The number of nitrogens with two attached hydrogens (primary N) is 1. The molecule has 1 saturated carbocycles. The standard InChI is InChI=1S/C14H20N6/c1-20-9-10(8-17-20)13-6-7-16-14(19-13)18-12-4-2-11(15)3-5-12/h6-9,11-12H,2-5,15H2,1H3,(H,16,18,19). The van der Waals surface area contributed by atoms with E-state index in [1.165, 1.54) is 0 Å². The first-order valence-corrected chi connectivity index (χ1v) is 7.05. The van der Waals surface area contributed by atoms with E-state index in [0.717, 1.165) is 36.9 Å². The van der Waals surface area contributed by atoms with Crippen molar-refractivity contribution in [2.75, 3.05) is 5.32 Å². The van der Waals surface area contributed by atoms with Gasteiger partial charge in [-0.3, -0.25) is 4.68 Å². The average molecular weight is 272 g/mol. The molecule has 0 amide bonds. The van der Waals surface area contributed by atoms with Gasteiger partial charge in [0, 0.05) is 37.1 Å². The highest BCUT2D eigenvalue weighted by Gasteiger charge is 2.19. The van der Waals surface area contributed by atoms with Gasteiger partial charge < -0.3 is 11.1 Å². The van der Waals surface area contributed by atoms with Crippen LogP contribution in [-0.2, 0) is 7.05 Å². The summed E-state index contributed by atoms with van der Waals surface area (Å²) >= 11 is 0. The molecule has 106 valence electrons. The molecule has 0 unspecified atom stereocenters. The minimum absolute atomic E-state index is 0.357. The van der Waals surface area contributed by atoms with Crippen LogP contribution in [0.4, 0.5) is 5.95 Å². The van der Waals surface area contributed by atoms with Gasteiger partial charge in [-0.25, -0.2) is 9.97 Å². The van der Waals surface area contributed by atoms with Crippen LogP contribution in [0.1, 0.15) is 25.7 Å². The Labute approximate surface area is 118 Å². The first-order chi connectivity index (χ1) is 9.70. The Kier molecular flexibility index (Phi) is 3.64. The molecule has 0 saturated heterocycles. The van der Waals surface area contributed by atoms with Crippen molar-refractivity contribution in [3.05, 3.63) is 24.7 Å². The van der Waals surface area contributed by atoms with Crippen molar-refractivity contribution in [3.8, 4) is 11.3 Å². The summed E-state index contributed by atoms with van der Waals surface area (Å²) in [5.41, 5.74) is 7.82. The number of hydrogen-bond donors (Lipinski definition) is 2. The van der Waals surface area contributed by atoms with Gasteiger partial charge in [0.2, 0.25) is 5.95 Å². The van der Waals surface area contributed by atoms with Crippen LogP contribution in [0.15, 0.2) is 24.7 Å². The maximum atomic E-state index is 5.92. The van der Waals surface area contributed by atoms with Crippen molar-refractivity contribution >= 4 is 5.95 Å². The predicted molar refractivity (Wildman–Crippen MR) is 78.1 cm³/mol. The third-order valence-electron chi connectivity index (χ3n) is 3.76. The van der Waals surface area contributed by atoms with E-state index in [2.05, 4.69) is 20.4 Å². The van der Waals surface area contributed by atoms with E-state index in [1.807, 2.05) is 25.5 Å². The fraction of sp³-hybridized carbons (Fsp3) is 0.500. The van der Waals surface area contributed by atoms with Crippen LogP contribution in [0.3, 0.4) is 0 Å². The molecule has 0 spiro atoms. The molecule has 0 bridgehead atoms. The van der Waals surface area contributed by atoms with E-state index in [1.54, 1.807) is 10.9 Å². The second-order valence-corrected chi connectivity index (χ2v) is 5.42. The van der Waals surface area contributed by atoms with E-state index in [-0.39, 0.29) is 0 Å². The summed E-state index contributed by atoms with van der Waals surface area (Å²) in [6, 6.07) is 2.69. The summed E-state index contributed by atoms with van der Waals surface area (Å²) in [6.07, 6.45) is 9.85. The van der Waals surface area contributed by atoms with Crippen molar-refractivity contribution in [2.24, 2.45) is 12.8 Å². The summed E-state index contributed by atoms with van der Waals surface area (Å²) in [5.74, 6) is 0.687. The molecule has 1 fully saturated rings. The second-order valence-electron chi connectivity index (χ2n) is 5.42. The van der Waals surface area contributed by atoms with Crippen LogP contribution in [0, 0.1) is 0 Å². The number of aryl methyl sites for hydroxylation is 1. The van der Waals surface area contributed by atoms with Crippen LogP contribution in [0.25, 0.3) is 11.3 Å². The second kappa shape index (κ2) is 5.58. The fourth-order valence-corrected chi connectivity index (χ4v) is 2.59. The monoisotopic (exact) mass is 272 g/mol. The van der Waals surface area contributed by atoms with E-state index >= 15 is 0 Å². The largest absolute Gasteiger partial charge is 0.351 e. The van der Waals surface area contributed by atoms with Crippen LogP contribution < -0.4 is 11.1 Å². The summed E-state index contributed by atoms with van der Waals surface area (Å²) in [6.45, 7) is 0. The number of nitrogens with zero attached hydrogens (tertiary/aromatic N) is 4. The minimum atomic E-state index is 0.357. The molecule has 3 rings (SSSR count). The fourth-order valence-electron chi connectivity index (χ4n) is 2.59. The highest BCUT2D eigenvalue weighted by molar-refractivity contribution is 5.57. The lowest BCUT2D eigenvalue weighted by atomic mass is 9.92. The normalized spacial score (nSPS) is 22.7. The van der Waals surface area contributed by atoms with Gasteiger partial charge in [-0.15, -0.1) is 0 Å². The summed E-state index contributed by atoms with van der Waals surface area (Å²) < 4.78 is 1.77. The quantitative estimate of drug-likeness (QED) is 0.886. The van der Waals surface area contributed by atoms with Crippen LogP contribution in [-0.4, -0.2) is 31.8 Å². The Balaban J connectivity index is 1.71. The molecule has 1 aliphatic rings. The zero-order chi connectivity index (χ0) is 13.9. The van der Waals surface area contributed by atoms with E-state index in [9.17, 15) is 0 Å². The van der Waals surface area contributed by atoms with E-state index in [4.69, 9.17) is 5.73 Å². The topological polar surface area (TPSA) is 81.7 Å². The Hall–Kier alpha value is -1.95. The molecule has 0 aromatic carbocycles. The number of rotatable bonds is 3. The molecule has 6 nitrogen and oxygen atoms in total. The van der Waals surface area contributed by atoms with Gasteiger partial charge in [0.15, 0.2) is 0 Å². The third kappa shape index (κ3) is 2.96. The van der Waals surface area contributed by atoms with Gasteiger partial charge in [-0.05, 0) is 31.7 Å². The SMILES string of the molecule is Cn1cc(-c2ccnc(NC3CCC(N)CC3)n2)cn1. The van der Waals surface area contributed by atoms with Gasteiger partial charge >= 0.3 is 0 Å². The Morgan fingerprint density at radius 2 is 2.10 bits per heavy atom. The van der Waals surface area contributed by atoms with Crippen LogP contribution in [0.2, 0.25) is 0 Å². The van der Waals surface area contributed by atoms with Gasteiger partial charge in [-0.1, -0.05) is 0 Å². The lowest BCUT2D eigenvalue weighted by Crippen LogP contribution is -2.33. The molecule has 0 aliphatic heterocycles. The lowest BCUT2D eigenvalue weighted by molar-refractivity contribution is 0.410. The minimum Gasteiger partial charge on any atom is -0.351 e. The Morgan fingerprint density at radius 3 is 2.80 bits per heavy atom. The van der Waals surface area contributed by atoms with Gasteiger partial charge in [0.25, 0.3) is 0 Å². The molecule has 2 aromatic heterocycles. The Morgan fingerprint density at radius 1 is 1.30 bits per heavy atom. The van der Waals surface area contributed by atoms with Gasteiger partial charge in [0.05, 0.1) is 11.9 Å². The number of aromatic nitrogens is 4. The van der Waals surface area contributed by atoms with E-state index in [0.29, 0.717) is 18.0 Å². The molecule has 0 radical (unpaired) electrons. The summed E-state index contributed by atoms with van der Waals surface area (Å²) in [4.78, 5) is 8.87. The highest BCUT2D eigenvalue weighted by atomic mass is 15.2. The number of anilines is 1. The maximum absolute atomic E-state index is 5.92. The van der Waals surface area contributed by atoms with Crippen molar-refractivity contribution in [3.63, 3.8) is 0 Å². The zero-order valence-electron chi connectivity index (χ0n) is 11.7. The van der Waals surface area contributed by atoms with Crippen molar-refractivity contribution in [1.29, 1.82) is 0 Å². The average Bonchev–Trinajstić information content (AvgIpc) is 2.89. The Bertz CT molecular complexity index is 571. The van der Waals surface area contributed by atoms with Crippen molar-refractivity contribution < 1.29 is 0 Å². The highest BCUT2D eigenvalue weighted by Crippen LogP contribution is 2.21. The molecule has 6 heteroatoms.